The zero-order chi connectivity index (χ0) is 26.6. The lowest BCUT2D eigenvalue weighted by Gasteiger charge is -2.35. The fourth-order valence-corrected chi connectivity index (χ4v) is 4.93. The van der Waals surface area contributed by atoms with Gasteiger partial charge >= 0.3 is 0 Å². The first-order valence-corrected chi connectivity index (χ1v) is 13.8. The van der Waals surface area contributed by atoms with Gasteiger partial charge in [0.2, 0.25) is 21.8 Å². The standard InChI is InChI=1S/C25H33Cl2N3O4S/c1-7-20(24(32)28-25(3,4)5)29(15-18-12-9-8-11-17(18)2)22(31)16-30(35(6,33)34)21-14-10-13-19(26)23(21)27/h8-14,20H,7,15-16H2,1-6H3,(H,28,32)/t20-/m0/s1. The summed E-state index contributed by atoms with van der Waals surface area (Å²) < 4.78 is 26.3. The summed E-state index contributed by atoms with van der Waals surface area (Å²) >= 11 is 12.4. The van der Waals surface area contributed by atoms with Crippen molar-refractivity contribution >= 4 is 50.7 Å². The van der Waals surface area contributed by atoms with E-state index in [-0.39, 0.29) is 28.2 Å². The maximum Gasteiger partial charge on any atom is 0.244 e. The van der Waals surface area contributed by atoms with Crippen LogP contribution in [0.5, 0.6) is 0 Å². The number of benzene rings is 2. The van der Waals surface area contributed by atoms with E-state index in [1.54, 1.807) is 6.07 Å². The number of aryl methyl sites for hydroxylation is 1. The van der Waals surface area contributed by atoms with Gasteiger partial charge in [0.15, 0.2) is 0 Å². The Kier molecular flexibility index (Phi) is 9.62. The van der Waals surface area contributed by atoms with Crippen molar-refractivity contribution in [1.29, 1.82) is 0 Å². The third-order valence-electron chi connectivity index (χ3n) is 5.37. The van der Waals surface area contributed by atoms with E-state index in [1.807, 2.05) is 58.9 Å². The van der Waals surface area contributed by atoms with Crippen LogP contribution in [0.1, 0.15) is 45.2 Å². The number of sulfonamides is 1. The molecule has 35 heavy (non-hydrogen) atoms. The molecule has 1 N–H and O–H groups in total. The van der Waals surface area contributed by atoms with E-state index in [0.717, 1.165) is 21.7 Å². The highest BCUT2D eigenvalue weighted by molar-refractivity contribution is 7.92. The van der Waals surface area contributed by atoms with Gasteiger partial charge in [0.1, 0.15) is 12.6 Å². The molecule has 0 spiro atoms. The summed E-state index contributed by atoms with van der Waals surface area (Å²) in [4.78, 5) is 28.3. The van der Waals surface area contributed by atoms with Crippen LogP contribution in [0.15, 0.2) is 42.5 Å². The van der Waals surface area contributed by atoms with Crippen molar-refractivity contribution in [2.24, 2.45) is 0 Å². The second kappa shape index (κ2) is 11.6. The van der Waals surface area contributed by atoms with E-state index in [0.29, 0.717) is 6.42 Å². The van der Waals surface area contributed by atoms with Crippen molar-refractivity contribution in [3.8, 4) is 0 Å². The maximum atomic E-state index is 13.7. The van der Waals surface area contributed by atoms with Crippen LogP contribution in [-0.2, 0) is 26.2 Å². The number of hydrogen-bond donors (Lipinski definition) is 1. The van der Waals surface area contributed by atoms with Gasteiger partial charge in [-0.15, -0.1) is 0 Å². The molecule has 10 heteroatoms. The van der Waals surface area contributed by atoms with Gasteiger partial charge in [0, 0.05) is 12.1 Å². The van der Waals surface area contributed by atoms with Crippen LogP contribution in [-0.4, -0.2) is 49.5 Å². The van der Waals surface area contributed by atoms with Crippen molar-refractivity contribution in [3.05, 3.63) is 63.6 Å². The Bertz CT molecular complexity index is 1180. The van der Waals surface area contributed by atoms with Gasteiger partial charge in [-0.05, 0) is 57.4 Å². The van der Waals surface area contributed by atoms with Crippen LogP contribution >= 0.6 is 23.2 Å². The van der Waals surface area contributed by atoms with E-state index in [4.69, 9.17) is 23.2 Å². The number of amides is 2. The Morgan fingerprint density at radius 1 is 1.06 bits per heavy atom. The quantitative estimate of drug-likeness (QED) is 0.494. The van der Waals surface area contributed by atoms with Gasteiger partial charge < -0.3 is 10.2 Å². The summed E-state index contributed by atoms with van der Waals surface area (Å²) in [6.07, 6.45) is 1.34. The van der Waals surface area contributed by atoms with E-state index >= 15 is 0 Å². The molecule has 0 saturated heterocycles. The van der Waals surface area contributed by atoms with Gasteiger partial charge in [-0.25, -0.2) is 8.42 Å². The van der Waals surface area contributed by atoms with Crippen LogP contribution in [0.2, 0.25) is 10.0 Å². The van der Waals surface area contributed by atoms with Crippen LogP contribution < -0.4 is 9.62 Å². The number of rotatable bonds is 9. The summed E-state index contributed by atoms with van der Waals surface area (Å²) in [6.45, 7) is 8.91. The minimum atomic E-state index is -3.91. The average molecular weight is 543 g/mol. The molecule has 0 aliphatic carbocycles. The molecule has 0 bridgehead atoms. The first kappa shape index (κ1) is 28.9. The van der Waals surface area contributed by atoms with E-state index < -0.39 is 34.1 Å². The topological polar surface area (TPSA) is 86.8 Å². The maximum absolute atomic E-state index is 13.7. The molecule has 7 nitrogen and oxygen atoms in total. The van der Waals surface area contributed by atoms with Gasteiger partial charge in [0.05, 0.1) is 22.0 Å². The predicted molar refractivity (Wildman–Crippen MR) is 142 cm³/mol. The third kappa shape index (κ3) is 7.85. The highest BCUT2D eigenvalue weighted by atomic mass is 35.5. The molecule has 0 aliphatic heterocycles. The first-order chi connectivity index (χ1) is 16.2. The van der Waals surface area contributed by atoms with Crippen molar-refractivity contribution in [3.63, 3.8) is 0 Å². The first-order valence-electron chi connectivity index (χ1n) is 11.2. The Labute approximate surface area is 218 Å². The van der Waals surface area contributed by atoms with Gasteiger partial charge in [-0.1, -0.05) is 60.5 Å². The minimum absolute atomic E-state index is 0.0235. The summed E-state index contributed by atoms with van der Waals surface area (Å²) in [5.74, 6) is -0.848. The highest BCUT2D eigenvalue weighted by Crippen LogP contribution is 2.33. The average Bonchev–Trinajstić information content (AvgIpc) is 2.73. The molecule has 0 radical (unpaired) electrons. The summed E-state index contributed by atoms with van der Waals surface area (Å²) in [6, 6.07) is 11.3. The van der Waals surface area contributed by atoms with Crippen LogP contribution in [0.3, 0.4) is 0 Å². The minimum Gasteiger partial charge on any atom is -0.350 e. The molecule has 2 amide bonds. The molecule has 0 aliphatic rings. The number of carbonyl (C=O) groups excluding carboxylic acids is 2. The van der Waals surface area contributed by atoms with E-state index in [1.165, 1.54) is 17.0 Å². The SMILES string of the molecule is CC[C@@H](C(=O)NC(C)(C)C)N(Cc1ccccc1C)C(=O)CN(c1cccc(Cl)c1Cl)S(C)(=O)=O. The Balaban J connectivity index is 2.52. The predicted octanol–water partition coefficient (Wildman–Crippen LogP) is 4.79. The fourth-order valence-electron chi connectivity index (χ4n) is 3.62. The number of anilines is 1. The zero-order valence-corrected chi connectivity index (χ0v) is 23.3. The molecule has 0 unspecified atom stereocenters. The fraction of sp³-hybridized carbons (Fsp3) is 0.440. The lowest BCUT2D eigenvalue weighted by Crippen LogP contribution is -2.55. The molecule has 1 atom stereocenters. The van der Waals surface area contributed by atoms with E-state index in [9.17, 15) is 18.0 Å². The Morgan fingerprint density at radius 3 is 2.23 bits per heavy atom. The van der Waals surface area contributed by atoms with Gasteiger partial charge in [-0.2, -0.15) is 0 Å². The summed E-state index contributed by atoms with van der Waals surface area (Å²) in [7, 11) is -3.91. The van der Waals surface area contributed by atoms with Crippen molar-refractivity contribution < 1.29 is 18.0 Å². The molecule has 192 valence electrons. The molecule has 2 aromatic rings. The van der Waals surface area contributed by atoms with Gasteiger partial charge in [0.25, 0.3) is 0 Å². The number of halogens is 2. The molecule has 0 aromatic heterocycles. The second-order valence-corrected chi connectivity index (χ2v) is 12.1. The van der Waals surface area contributed by atoms with Crippen LogP contribution in [0.25, 0.3) is 0 Å². The summed E-state index contributed by atoms with van der Waals surface area (Å²) in [5, 5.41) is 3.12. The number of nitrogens with one attached hydrogen (secondary N) is 1. The normalized spacial score (nSPS) is 12.7. The summed E-state index contributed by atoms with van der Waals surface area (Å²) in [5.41, 5.74) is 1.40. The second-order valence-electron chi connectivity index (χ2n) is 9.45. The Hall–Kier alpha value is -2.29. The lowest BCUT2D eigenvalue weighted by molar-refractivity contribution is -0.141. The molecule has 0 saturated carbocycles. The smallest absolute Gasteiger partial charge is 0.244 e. The van der Waals surface area contributed by atoms with Gasteiger partial charge in [-0.3, -0.25) is 13.9 Å². The molecule has 2 aromatic carbocycles. The highest BCUT2D eigenvalue weighted by Gasteiger charge is 2.33. The molecule has 2 rings (SSSR count). The third-order valence-corrected chi connectivity index (χ3v) is 7.30. The number of carbonyl (C=O) groups is 2. The largest absolute Gasteiger partial charge is 0.350 e. The van der Waals surface area contributed by atoms with Crippen molar-refractivity contribution in [2.75, 3.05) is 17.1 Å². The number of hydrogen-bond acceptors (Lipinski definition) is 4. The molecule has 0 heterocycles. The molecular formula is C25H33Cl2N3O4S. The number of nitrogens with zero attached hydrogens (tertiary/aromatic N) is 2. The van der Waals surface area contributed by atoms with Crippen LogP contribution in [0.4, 0.5) is 5.69 Å². The molecular weight excluding hydrogens is 509 g/mol. The zero-order valence-electron chi connectivity index (χ0n) is 20.9. The van der Waals surface area contributed by atoms with E-state index in [2.05, 4.69) is 5.32 Å². The van der Waals surface area contributed by atoms with Crippen molar-refractivity contribution in [1.82, 2.24) is 10.2 Å². The Morgan fingerprint density at radius 2 is 1.69 bits per heavy atom. The monoisotopic (exact) mass is 541 g/mol. The lowest BCUT2D eigenvalue weighted by atomic mass is 10.0. The molecule has 0 fully saturated rings. The van der Waals surface area contributed by atoms with Crippen LogP contribution in [0, 0.1) is 6.92 Å². The van der Waals surface area contributed by atoms with Crippen molar-refractivity contribution in [2.45, 2.75) is 59.2 Å².